The van der Waals surface area contributed by atoms with Crippen molar-refractivity contribution in [1.29, 1.82) is 0 Å². The van der Waals surface area contributed by atoms with Crippen molar-refractivity contribution in [2.45, 2.75) is 12.8 Å². The number of benzene rings is 1. The number of carbonyl (C=O) groups is 1. The van der Waals surface area contributed by atoms with Crippen LogP contribution in [-0.4, -0.2) is 17.0 Å². The van der Waals surface area contributed by atoms with Crippen molar-refractivity contribution in [3.63, 3.8) is 0 Å². The van der Waals surface area contributed by atoms with Gasteiger partial charge in [0.25, 0.3) is 0 Å². The zero-order chi connectivity index (χ0) is 10.6. The summed E-state index contributed by atoms with van der Waals surface area (Å²) in [4.78, 5) is 10.7. The first-order chi connectivity index (χ1) is 6.65. The van der Waals surface area contributed by atoms with E-state index in [0.717, 1.165) is 22.9 Å². The van der Waals surface area contributed by atoms with E-state index in [-0.39, 0.29) is 0 Å². The summed E-state index contributed by atoms with van der Waals surface area (Å²) >= 11 is 8.95. The van der Waals surface area contributed by atoms with Gasteiger partial charge in [-0.25, -0.2) is 4.79 Å². The zero-order valence-electron chi connectivity index (χ0n) is 7.46. The Morgan fingerprint density at radius 2 is 2.21 bits per heavy atom. The Hall–Kier alpha value is -0.540. The summed E-state index contributed by atoms with van der Waals surface area (Å²) in [5.74, 6) is -0.311. The van der Waals surface area contributed by atoms with Gasteiger partial charge in [0, 0.05) is 10.4 Å². The maximum atomic E-state index is 10.7. The molecule has 0 unspecified atom stereocenters. The summed E-state index contributed by atoms with van der Waals surface area (Å²) < 4.78 is 0.938. The molecule has 0 aliphatic heterocycles. The highest BCUT2D eigenvalue weighted by atomic mass is 79.9. The molecule has 0 bridgehead atoms. The number of alkyl halides is 1. The van der Waals surface area contributed by atoms with Crippen LogP contribution in [0.3, 0.4) is 0 Å². The van der Waals surface area contributed by atoms with Gasteiger partial charge in [0.2, 0.25) is 0 Å². The van der Waals surface area contributed by atoms with Crippen LogP contribution in [0.25, 0.3) is 0 Å². The second-order valence-corrected chi connectivity index (χ2v) is 4.14. The van der Waals surface area contributed by atoms with Gasteiger partial charge in [-0.05, 0) is 36.6 Å². The lowest BCUT2D eigenvalue weighted by atomic mass is 10.1. The topological polar surface area (TPSA) is 37.3 Å². The SMILES string of the molecule is O=C(O)c1ccc(Br)c(CCCCl)c1. The van der Waals surface area contributed by atoms with E-state index in [1.165, 1.54) is 0 Å². The van der Waals surface area contributed by atoms with Gasteiger partial charge >= 0.3 is 5.97 Å². The maximum Gasteiger partial charge on any atom is 0.335 e. The number of carboxylic acids is 1. The van der Waals surface area contributed by atoms with Gasteiger partial charge in [-0.3, -0.25) is 0 Å². The van der Waals surface area contributed by atoms with E-state index in [9.17, 15) is 4.79 Å². The summed E-state index contributed by atoms with van der Waals surface area (Å²) in [6.45, 7) is 0. The minimum absolute atomic E-state index is 0.317. The smallest absolute Gasteiger partial charge is 0.335 e. The lowest BCUT2D eigenvalue weighted by Gasteiger charge is -2.04. The third-order valence-electron chi connectivity index (χ3n) is 1.87. The minimum atomic E-state index is -0.898. The molecule has 1 aromatic rings. The van der Waals surface area contributed by atoms with E-state index in [0.29, 0.717) is 11.4 Å². The molecule has 1 aromatic carbocycles. The second-order valence-electron chi connectivity index (χ2n) is 2.90. The Kier molecular flexibility index (Phi) is 4.42. The van der Waals surface area contributed by atoms with Gasteiger partial charge in [0.05, 0.1) is 5.56 Å². The molecule has 0 amide bonds. The fraction of sp³-hybridized carbons (Fsp3) is 0.300. The van der Waals surface area contributed by atoms with Crippen molar-refractivity contribution < 1.29 is 9.90 Å². The fourth-order valence-electron chi connectivity index (χ4n) is 1.16. The molecule has 0 radical (unpaired) electrons. The Balaban J connectivity index is 2.90. The van der Waals surface area contributed by atoms with E-state index in [2.05, 4.69) is 15.9 Å². The third-order valence-corrected chi connectivity index (χ3v) is 2.91. The Labute approximate surface area is 96.0 Å². The molecule has 0 atom stereocenters. The predicted molar refractivity (Wildman–Crippen MR) is 60.1 cm³/mol. The van der Waals surface area contributed by atoms with Crippen molar-refractivity contribution >= 4 is 33.5 Å². The first kappa shape index (κ1) is 11.5. The maximum absolute atomic E-state index is 10.7. The van der Waals surface area contributed by atoms with Crippen molar-refractivity contribution in [2.24, 2.45) is 0 Å². The van der Waals surface area contributed by atoms with E-state index in [1.807, 2.05) is 0 Å². The molecular formula is C10H10BrClO2. The number of aromatic carboxylic acids is 1. The normalized spacial score (nSPS) is 10.1. The minimum Gasteiger partial charge on any atom is -0.478 e. The second kappa shape index (κ2) is 5.37. The molecule has 2 nitrogen and oxygen atoms in total. The number of rotatable bonds is 4. The zero-order valence-corrected chi connectivity index (χ0v) is 9.81. The Morgan fingerprint density at radius 3 is 2.79 bits per heavy atom. The van der Waals surface area contributed by atoms with Crippen LogP contribution in [0, 0.1) is 0 Å². The molecule has 0 fully saturated rings. The van der Waals surface area contributed by atoms with E-state index in [1.54, 1.807) is 18.2 Å². The number of halogens is 2. The number of hydrogen-bond acceptors (Lipinski definition) is 1. The van der Waals surface area contributed by atoms with Crippen LogP contribution >= 0.6 is 27.5 Å². The molecule has 0 aliphatic carbocycles. The van der Waals surface area contributed by atoms with Crippen molar-refractivity contribution in [3.8, 4) is 0 Å². The first-order valence-electron chi connectivity index (χ1n) is 4.23. The Bertz CT molecular complexity index is 339. The van der Waals surface area contributed by atoms with Gasteiger partial charge in [-0.2, -0.15) is 0 Å². The molecular weight excluding hydrogens is 267 g/mol. The largest absolute Gasteiger partial charge is 0.478 e. The average Bonchev–Trinajstić information content (AvgIpc) is 2.16. The molecule has 1 N–H and O–H groups in total. The van der Waals surface area contributed by atoms with Crippen LogP contribution in [0.15, 0.2) is 22.7 Å². The molecule has 14 heavy (non-hydrogen) atoms. The van der Waals surface area contributed by atoms with Gasteiger partial charge in [0.1, 0.15) is 0 Å². The molecule has 0 spiro atoms. The summed E-state index contributed by atoms with van der Waals surface area (Å²) in [7, 11) is 0. The van der Waals surface area contributed by atoms with Gasteiger partial charge in [-0.15, -0.1) is 11.6 Å². The van der Waals surface area contributed by atoms with Crippen LogP contribution in [0.2, 0.25) is 0 Å². The van der Waals surface area contributed by atoms with Crippen LogP contribution < -0.4 is 0 Å². The van der Waals surface area contributed by atoms with Crippen LogP contribution in [-0.2, 0) is 6.42 Å². The van der Waals surface area contributed by atoms with Gasteiger partial charge in [-0.1, -0.05) is 15.9 Å². The first-order valence-corrected chi connectivity index (χ1v) is 5.55. The summed E-state index contributed by atoms with van der Waals surface area (Å²) in [6, 6.07) is 5.02. The molecule has 1 rings (SSSR count). The molecule has 0 heterocycles. The average molecular weight is 278 g/mol. The van der Waals surface area contributed by atoms with Crippen molar-refractivity contribution in [2.75, 3.05) is 5.88 Å². The van der Waals surface area contributed by atoms with Crippen molar-refractivity contribution in [3.05, 3.63) is 33.8 Å². The van der Waals surface area contributed by atoms with Gasteiger partial charge in [0.15, 0.2) is 0 Å². The third kappa shape index (κ3) is 3.00. The highest BCUT2D eigenvalue weighted by Gasteiger charge is 2.06. The molecule has 0 saturated carbocycles. The quantitative estimate of drug-likeness (QED) is 0.857. The predicted octanol–water partition coefficient (Wildman–Crippen LogP) is 3.32. The van der Waals surface area contributed by atoms with E-state index in [4.69, 9.17) is 16.7 Å². The van der Waals surface area contributed by atoms with Gasteiger partial charge < -0.3 is 5.11 Å². The number of carboxylic acid groups (broad SMARTS) is 1. The monoisotopic (exact) mass is 276 g/mol. The summed E-state index contributed by atoms with van der Waals surface area (Å²) in [6.07, 6.45) is 1.65. The molecule has 76 valence electrons. The van der Waals surface area contributed by atoms with Crippen LogP contribution in [0.5, 0.6) is 0 Å². The van der Waals surface area contributed by atoms with E-state index < -0.39 is 5.97 Å². The number of aryl methyl sites for hydroxylation is 1. The molecule has 0 aromatic heterocycles. The van der Waals surface area contributed by atoms with Crippen molar-refractivity contribution in [1.82, 2.24) is 0 Å². The number of hydrogen-bond donors (Lipinski definition) is 1. The van der Waals surface area contributed by atoms with Crippen LogP contribution in [0.4, 0.5) is 0 Å². The molecule has 0 aliphatic rings. The lowest BCUT2D eigenvalue weighted by molar-refractivity contribution is 0.0696. The Morgan fingerprint density at radius 1 is 1.50 bits per heavy atom. The summed E-state index contributed by atoms with van der Waals surface area (Å²) in [5, 5.41) is 8.78. The standard InChI is InChI=1S/C10H10BrClO2/c11-9-4-3-8(10(13)14)6-7(9)2-1-5-12/h3-4,6H,1-2,5H2,(H,13,14). The molecule has 0 saturated heterocycles. The van der Waals surface area contributed by atoms with E-state index >= 15 is 0 Å². The summed E-state index contributed by atoms with van der Waals surface area (Å²) in [5.41, 5.74) is 1.31. The van der Waals surface area contributed by atoms with Crippen LogP contribution in [0.1, 0.15) is 22.3 Å². The molecule has 4 heteroatoms. The fourth-order valence-corrected chi connectivity index (χ4v) is 1.74. The lowest BCUT2D eigenvalue weighted by Crippen LogP contribution is -1.98. The highest BCUT2D eigenvalue weighted by molar-refractivity contribution is 9.10. The highest BCUT2D eigenvalue weighted by Crippen LogP contribution is 2.20.